The second-order valence-corrected chi connectivity index (χ2v) is 8.61. The second-order valence-electron chi connectivity index (χ2n) is 8.61. The van der Waals surface area contributed by atoms with Crippen molar-refractivity contribution in [3.05, 3.63) is 34.7 Å². The van der Waals surface area contributed by atoms with Crippen molar-refractivity contribution in [2.45, 2.75) is 45.6 Å². The van der Waals surface area contributed by atoms with Gasteiger partial charge >= 0.3 is 5.69 Å². The van der Waals surface area contributed by atoms with Crippen LogP contribution >= 0.6 is 0 Å². The van der Waals surface area contributed by atoms with Crippen LogP contribution in [0.15, 0.2) is 29.1 Å². The number of carbonyl (C=O) groups excluding carboxylic acids is 1. The first kappa shape index (κ1) is 18.3. The zero-order valence-corrected chi connectivity index (χ0v) is 16.3. The van der Waals surface area contributed by atoms with Crippen molar-refractivity contribution in [1.82, 2.24) is 19.8 Å². The minimum absolute atomic E-state index is 0.0467. The van der Waals surface area contributed by atoms with Gasteiger partial charge in [0, 0.05) is 24.5 Å². The summed E-state index contributed by atoms with van der Waals surface area (Å²) >= 11 is 0. The predicted octanol–water partition coefficient (Wildman–Crippen LogP) is 2.52. The summed E-state index contributed by atoms with van der Waals surface area (Å²) in [6.45, 7) is 7.63. The number of nitrogens with zero attached hydrogens (tertiary/aromatic N) is 2. The number of aromatic nitrogens is 2. The average molecular weight is 370 g/mol. The molecule has 1 aromatic carbocycles. The quantitative estimate of drug-likeness (QED) is 0.872. The summed E-state index contributed by atoms with van der Waals surface area (Å²) < 4.78 is 1.88. The number of piperidine rings is 2. The van der Waals surface area contributed by atoms with Crippen LogP contribution in [0.3, 0.4) is 0 Å². The van der Waals surface area contributed by atoms with E-state index < -0.39 is 0 Å². The molecule has 4 rings (SSSR count). The van der Waals surface area contributed by atoms with Gasteiger partial charge in [-0.3, -0.25) is 9.36 Å². The summed E-state index contributed by atoms with van der Waals surface area (Å²) in [7, 11) is 0. The van der Waals surface area contributed by atoms with Gasteiger partial charge in [0.25, 0.3) is 0 Å². The summed E-state index contributed by atoms with van der Waals surface area (Å²) in [5, 5.41) is 3.44. The van der Waals surface area contributed by atoms with Crippen LogP contribution in [0, 0.1) is 11.3 Å². The number of nitrogens with one attached hydrogen (secondary N) is 2. The molecule has 1 aromatic heterocycles. The van der Waals surface area contributed by atoms with Gasteiger partial charge < -0.3 is 15.2 Å². The highest BCUT2D eigenvalue weighted by atomic mass is 16.2. The maximum absolute atomic E-state index is 13.2. The molecule has 0 bridgehead atoms. The first-order valence-electron chi connectivity index (χ1n) is 10.2. The van der Waals surface area contributed by atoms with E-state index in [0.717, 1.165) is 62.9 Å². The number of aromatic amines is 1. The zero-order valence-electron chi connectivity index (χ0n) is 16.3. The molecule has 6 heteroatoms. The van der Waals surface area contributed by atoms with Crippen molar-refractivity contribution >= 4 is 16.9 Å². The fourth-order valence-corrected chi connectivity index (χ4v) is 4.81. The van der Waals surface area contributed by atoms with Crippen LogP contribution in [-0.2, 0) is 4.79 Å². The summed E-state index contributed by atoms with van der Waals surface area (Å²) in [4.78, 5) is 30.6. The van der Waals surface area contributed by atoms with E-state index in [2.05, 4.69) is 24.1 Å². The van der Waals surface area contributed by atoms with E-state index in [1.54, 1.807) is 0 Å². The molecule has 0 aliphatic carbocycles. The maximum Gasteiger partial charge on any atom is 0.326 e. The van der Waals surface area contributed by atoms with Gasteiger partial charge in [-0.15, -0.1) is 0 Å². The van der Waals surface area contributed by atoms with Gasteiger partial charge in [0.15, 0.2) is 0 Å². The van der Waals surface area contributed by atoms with Crippen molar-refractivity contribution in [2.24, 2.45) is 11.3 Å². The largest absolute Gasteiger partial charge is 0.342 e. The monoisotopic (exact) mass is 370 g/mol. The first-order valence-corrected chi connectivity index (χ1v) is 10.2. The molecular formula is C21H30N4O2. The lowest BCUT2D eigenvalue weighted by Crippen LogP contribution is -2.51. The van der Waals surface area contributed by atoms with Crippen molar-refractivity contribution in [3.8, 4) is 0 Å². The van der Waals surface area contributed by atoms with Crippen LogP contribution in [0.4, 0.5) is 0 Å². The lowest BCUT2D eigenvalue weighted by atomic mass is 9.73. The lowest BCUT2D eigenvalue weighted by Gasteiger charge is -2.42. The SMILES string of the molecule is CC(C)(C(=O)N1CCC(n2c(=O)[nH]c3ccccc32)CC1)C1CCCNC1. The Bertz CT molecular complexity index is 868. The molecule has 6 nitrogen and oxygen atoms in total. The summed E-state index contributed by atoms with van der Waals surface area (Å²) in [5.41, 5.74) is 1.46. The predicted molar refractivity (Wildman–Crippen MR) is 107 cm³/mol. The van der Waals surface area contributed by atoms with E-state index in [-0.39, 0.29) is 23.1 Å². The van der Waals surface area contributed by atoms with Gasteiger partial charge in [-0.2, -0.15) is 0 Å². The second kappa shape index (κ2) is 7.15. The van der Waals surface area contributed by atoms with Crippen LogP contribution in [0.1, 0.15) is 45.6 Å². The number of amides is 1. The number of rotatable bonds is 3. The third kappa shape index (κ3) is 3.31. The van der Waals surface area contributed by atoms with Gasteiger partial charge in [-0.05, 0) is 56.8 Å². The number of hydrogen-bond acceptors (Lipinski definition) is 3. The Kier molecular flexibility index (Phi) is 4.84. The highest BCUT2D eigenvalue weighted by molar-refractivity contribution is 5.82. The minimum atomic E-state index is -0.335. The maximum atomic E-state index is 13.2. The molecule has 2 aromatic rings. The third-order valence-electron chi connectivity index (χ3n) is 6.61. The zero-order chi connectivity index (χ0) is 19.0. The molecule has 1 unspecified atom stereocenters. The molecular weight excluding hydrogens is 340 g/mol. The Morgan fingerprint density at radius 2 is 1.89 bits per heavy atom. The van der Waals surface area contributed by atoms with E-state index in [9.17, 15) is 9.59 Å². The van der Waals surface area contributed by atoms with Gasteiger partial charge in [-0.25, -0.2) is 4.79 Å². The van der Waals surface area contributed by atoms with Crippen LogP contribution in [-0.4, -0.2) is 46.5 Å². The van der Waals surface area contributed by atoms with Crippen molar-refractivity contribution in [1.29, 1.82) is 0 Å². The Morgan fingerprint density at radius 3 is 2.59 bits per heavy atom. The molecule has 146 valence electrons. The molecule has 1 amide bonds. The van der Waals surface area contributed by atoms with E-state index in [1.807, 2.05) is 33.7 Å². The highest BCUT2D eigenvalue weighted by Gasteiger charge is 2.40. The smallest absolute Gasteiger partial charge is 0.326 e. The number of carbonyl (C=O) groups is 1. The molecule has 2 aliphatic rings. The molecule has 2 N–H and O–H groups in total. The van der Waals surface area contributed by atoms with Gasteiger partial charge in [0.1, 0.15) is 0 Å². The summed E-state index contributed by atoms with van der Waals surface area (Å²) in [6, 6.07) is 7.98. The van der Waals surface area contributed by atoms with E-state index in [1.165, 1.54) is 0 Å². The Morgan fingerprint density at radius 1 is 1.15 bits per heavy atom. The molecule has 0 saturated carbocycles. The Labute approximate surface area is 159 Å². The third-order valence-corrected chi connectivity index (χ3v) is 6.61. The molecule has 1 atom stereocenters. The number of para-hydroxylation sites is 2. The molecule has 3 heterocycles. The van der Waals surface area contributed by atoms with Crippen molar-refractivity contribution < 1.29 is 4.79 Å². The average Bonchev–Trinajstić information content (AvgIpc) is 3.04. The number of benzene rings is 1. The topological polar surface area (TPSA) is 70.1 Å². The molecule has 0 spiro atoms. The number of likely N-dealkylation sites (tertiary alicyclic amines) is 1. The number of hydrogen-bond donors (Lipinski definition) is 2. The van der Waals surface area contributed by atoms with E-state index in [0.29, 0.717) is 5.92 Å². The Balaban J connectivity index is 1.46. The first-order chi connectivity index (χ1) is 13.0. The molecule has 2 aliphatic heterocycles. The molecule has 2 fully saturated rings. The lowest BCUT2D eigenvalue weighted by molar-refractivity contribution is -0.145. The minimum Gasteiger partial charge on any atom is -0.342 e. The van der Waals surface area contributed by atoms with E-state index >= 15 is 0 Å². The number of H-pyrrole nitrogens is 1. The fraction of sp³-hybridized carbons (Fsp3) is 0.619. The Hall–Kier alpha value is -2.08. The van der Waals surface area contributed by atoms with Crippen molar-refractivity contribution in [3.63, 3.8) is 0 Å². The standard InChI is InChI=1S/C21H30N4O2/c1-21(2,15-6-5-11-22-14-15)19(26)24-12-9-16(10-13-24)25-18-8-4-3-7-17(18)23-20(25)27/h3-4,7-8,15-16,22H,5-6,9-14H2,1-2H3,(H,23,27). The van der Waals surface area contributed by atoms with Gasteiger partial charge in [-0.1, -0.05) is 26.0 Å². The normalized spacial score (nSPS) is 22.3. The van der Waals surface area contributed by atoms with Crippen LogP contribution in [0.25, 0.3) is 11.0 Å². The van der Waals surface area contributed by atoms with Crippen molar-refractivity contribution in [2.75, 3.05) is 26.2 Å². The molecule has 0 radical (unpaired) electrons. The van der Waals surface area contributed by atoms with Gasteiger partial charge in [0.05, 0.1) is 11.0 Å². The fourth-order valence-electron chi connectivity index (χ4n) is 4.81. The van der Waals surface area contributed by atoms with Crippen LogP contribution in [0.2, 0.25) is 0 Å². The molecule has 2 saturated heterocycles. The number of imidazole rings is 1. The molecule has 27 heavy (non-hydrogen) atoms. The van der Waals surface area contributed by atoms with Gasteiger partial charge in [0.2, 0.25) is 5.91 Å². The highest BCUT2D eigenvalue weighted by Crippen LogP contribution is 2.35. The summed E-state index contributed by atoms with van der Waals surface area (Å²) in [5.74, 6) is 0.661. The number of fused-ring (bicyclic) bond motifs is 1. The van der Waals surface area contributed by atoms with Crippen LogP contribution in [0.5, 0.6) is 0 Å². The summed E-state index contributed by atoms with van der Waals surface area (Å²) in [6.07, 6.45) is 3.92. The van der Waals surface area contributed by atoms with Crippen LogP contribution < -0.4 is 11.0 Å². The van der Waals surface area contributed by atoms with E-state index in [4.69, 9.17) is 0 Å².